The van der Waals surface area contributed by atoms with Crippen LogP contribution in [0.4, 0.5) is 5.69 Å². The Morgan fingerprint density at radius 3 is 2.62 bits per heavy atom. The smallest absolute Gasteiger partial charge is 0.336 e. The molecule has 3 aromatic rings. The number of carbonyl (C=O) groups is 1. The molecule has 0 aliphatic rings. The van der Waals surface area contributed by atoms with Crippen molar-refractivity contribution >= 4 is 34.2 Å². The SMILES string of the molecule is CC(=O)Nc1ccc(OCc2cc(=O)oc3ccc(Cl)cc23)cc1. The Morgan fingerprint density at radius 2 is 1.92 bits per heavy atom. The van der Waals surface area contributed by atoms with Crippen LogP contribution in [-0.4, -0.2) is 5.91 Å². The fraction of sp³-hybridized carbons (Fsp3) is 0.111. The van der Waals surface area contributed by atoms with E-state index in [4.69, 9.17) is 20.8 Å². The number of nitrogens with one attached hydrogen (secondary N) is 1. The molecule has 0 fully saturated rings. The summed E-state index contributed by atoms with van der Waals surface area (Å²) in [4.78, 5) is 22.7. The van der Waals surface area contributed by atoms with E-state index in [9.17, 15) is 9.59 Å². The molecule has 1 N–H and O–H groups in total. The quantitative estimate of drug-likeness (QED) is 0.727. The van der Waals surface area contributed by atoms with Crippen molar-refractivity contribution in [3.63, 3.8) is 0 Å². The zero-order valence-corrected chi connectivity index (χ0v) is 13.6. The van der Waals surface area contributed by atoms with Crippen LogP contribution < -0.4 is 15.7 Å². The Hall–Kier alpha value is -2.79. The molecule has 0 unspecified atom stereocenters. The Balaban J connectivity index is 1.81. The first kappa shape index (κ1) is 16.1. The van der Waals surface area contributed by atoms with E-state index in [0.29, 0.717) is 27.6 Å². The number of benzene rings is 2. The zero-order valence-electron chi connectivity index (χ0n) is 12.8. The molecule has 0 radical (unpaired) electrons. The van der Waals surface area contributed by atoms with Crippen LogP contribution in [-0.2, 0) is 11.4 Å². The van der Waals surface area contributed by atoms with Crippen LogP contribution in [0.15, 0.2) is 57.7 Å². The zero-order chi connectivity index (χ0) is 17.1. The van der Waals surface area contributed by atoms with Gasteiger partial charge in [-0.15, -0.1) is 0 Å². The van der Waals surface area contributed by atoms with Crippen LogP contribution in [0.25, 0.3) is 11.0 Å². The van der Waals surface area contributed by atoms with Gasteiger partial charge in [-0.05, 0) is 42.5 Å². The summed E-state index contributed by atoms with van der Waals surface area (Å²) in [6, 6.07) is 13.4. The van der Waals surface area contributed by atoms with Crippen molar-refractivity contribution in [2.75, 3.05) is 5.32 Å². The Labute approximate surface area is 142 Å². The van der Waals surface area contributed by atoms with Crippen molar-refractivity contribution in [2.24, 2.45) is 0 Å². The highest BCUT2D eigenvalue weighted by Crippen LogP contribution is 2.23. The van der Waals surface area contributed by atoms with E-state index < -0.39 is 5.63 Å². The van der Waals surface area contributed by atoms with Gasteiger partial charge in [-0.1, -0.05) is 11.6 Å². The van der Waals surface area contributed by atoms with Gasteiger partial charge in [0.1, 0.15) is 17.9 Å². The normalized spacial score (nSPS) is 10.6. The highest BCUT2D eigenvalue weighted by atomic mass is 35.5. The van der Waals surface area contributed by atoms with Crippen molar-refractivity contribution in [1.29, 1.82) is 0 Å². The third kappa shape index (κ3) is 3.75. The molecule has 0 aliphatic carbocycles. The summed E-state index contributed by atoms with van der Waals surface area (Å²) < 4.78 is 10.9. The maximum atomic E-state index is 11.7. The molecule has 3 rings (SSSR count). The predicted molar refractivity (Wildman–Crippen MR) is 92.6 cm³/mol. The van der Waals surface area contributed by atoms with Gasteiger partial charge in [0.15, 0.2) is 0 Å². The van der Waals surface area contributed by atoms with E-state index in [0.717, 1.165) is 5.39 Å². The molecular weight excluding hydrogens is 330 g/mol. The van der Waals surface area contributed by atoms with Gasteiger partial charge < -0.3 is 14.5 Å². The van der Waals surface area contributed by atoms with Crippen LogP contribution in [0.1, 0.15) is 12.5 Å². The summed E-state index contributed by atoms with van der Waals surface area (Å²) in [5, 5.41) is 3.97. The second kappa shape index (κ2) is 6.76. The maximum Gasteiger partial charge on any atom is 0.336 e. The number of amides is 1. The fourth-order valence-corrected chi connectivity index (χ4v) is 2.49. The van der Waals surface area contributed by atoms with Gasteiger partial charge in [-0.3, -0.25) is 4.79 Å². The second-order valence-electron chi connectivity index (χ2n) is 5.23. The van der Waals surface area contributed by atoms with Crippen LogP contribution >= 0.6 is 11.6 Å². The van der Waals surface area contributed by atoms with Crippen molar-refractivity contribution in [1.82, 2.24) is 0 Å². The molecule has 1 amide bonds. The molecule has 1 aromatic heterocycles. The van der Waals surface area contributed by atoms with Crippen molar-refractivity contribution in [3.05, 3.63) is 69.5 Å². The van der Waals surface area contributed by atoms with Gasteiger partial charge in [0.25, 0.3) is 0 Å². The molecule has 0 aliphatic heterocycles. The number of anilines is 1. The molecule has 1 heterocycles. The van der Waals surface area contributed by atoms with E-state index >= 15 is 0 Å². The number of hydrogen-bond acceptors (Lipinski definition) is 4. The summed E-state index contributed by atoms with van der Waals surface area (Å²) in [5.74, 6) is 0.482. The summed E-state index contributed by atoms with van der Waals surface area (Å²) in [5.41, 5.74) is 1.40. The summed E-state index contributed by atoms with van der Waals surface area (Å²) in [7, 11) is 0. The molecular formula is C18H14ClNO4. The third-order valence-electron chi connectivity index (χ3n) is 3.36. The summed E-state index contributed by atoms with van der Waals surface area (Å²) in [6.45, 7) is 1.64. The van der Waals surface area contributed by atoms with Gasteiger partial charge in [0, 0.05) is 34.6 Å². The molecule has 0 spiro atoms. The average Bonchev–Trinajstić information content (AvgIpc) is 2.54. The molecule has 0 saturated carbocycles. The van der Waals surface area contributed by atoms with Crippen molar-refractivity contribution < 1.29 is 13.9 Å². The van der Waals surface area contributed by atoms with Gasteiger partial charge >= 0.3 is 5.63 Å². The second-order valence-corrected chi connectivity index (χ2v) is 5.66. The Bertz CT molecular complexity index is 947. The highest BCUT2D eigenvalue weighted by molar-refractivity contribution is 6.31. The number of halogens is 1. The number of carbonyl (C=O) groups excluding carboxylic acids is 1. The maximum absolute atomic E-state index is 11.7. The van der Waals surface area contributed by atoms with E-state index in [2.05, 4.69) is 5.32 Å². The monoisotopic (exact) mass is 343 g/mol. The lowest BCUT2D eigenvalue weighted by molar-refractivity contribution is -0.114. The Morgan fingerprint density at radius 1 is 1.17 bits per heavy atom. The standard InChI is InChI=1S/C18H14ClNO4/c1-11(21)20-14-3-5-15(6-4-14)23-10-12-8-18(22)24-17-7-2-13(19)9-16(12)17/h2-9H,10H2,1H3,(H,20,21). The van der Waals surface area contributed by atoms with Crippen LogP contribution in [0.3, 0.4) is 0 Å². The van der Waals surface area contributed by atoms with E-state index in [-0.39, 0.29) is 12.5 Å². The summed E-state index contributed by atoms with van der Waals surface area (Å²) >= 11 is 6.01. The first-order valence-electron chi connectivity index (χ1n) is 7.24. The fourth-order valence-electron chi connectivity index (χ4n) is 2.32. The lowest BCUT2D eigenvalue weighted by atomic mass is 10.1. The number of hydrogen-bond donors (Lipinski definition) is 1. The third-order valence-corrected chi connectivity index (χ3v) is 3.59. The van der Waals surface area contributed by atoms with Crippen molar-refractivity contribution in [3.8, 4) is 5.75 Å². The molecule has 122 valence electrons. The molecule has 0 bridgehead atoms. The van der Waals surface area contributed by atoms with E-state index in [1.54, 1.807) is 42.5 Å². The minimum Gasteiger partial charge on any atom is -0.489 e. The van der Waals surface area contributed by atoms with Crippen LogP contribution in [0.5, 0.6) is 5.75 Å². The Kier molecular flexibility index (Phi) is 4.53. The van der Waals surface area contributed by atoms with Gasteiger partial charge in [-0.25, -0.2) is 4.79 Å². The molecule has 0 saturated heterocycles. The first-order chi connectivity index (χ1) is 11.5. The summed E-state index contributed by atoms with van der Waals surface area (Å²) in [6.07, 6.45) is 0. The number of ether oxygens (including phenoxy) is 1. The molecule has 0 atom stereocenters. The first-order valence-corrected chi connectivity index (χ1v) is 7.62. The molecule has 5 nitrogen and oxygen atoms in total. The molecule has 2 aromatic carbocycles. The lowest BCUT2D eigenvalue weighted by Gasteiger charge is -2.09. The average molecular weight is 344 g/mol. The largest absolute Gasteiger partial charge is 0.489 e. The molecule has 24 heavy (non-hydrogen) atoms. The van der Waals surface area contributed by atoms with E-state index in [1.165, 1.54) is 13.0 Å². The van der Waals surface area contributed by atoms with Crippen LogP contribution in [0.2, 0.25) is 5.02 Å². The lowest BCUT2D eigenvalue weighted by Crippen LogP contribution is -2.06. The highest BCUT2D eigenvalue weighted by Gasteiger charge is 2.07. The predicted octanol–water partition coefficient (Wildman–Crippen LogP) is 3.98. The number of fused-ring (bicyclic) bond motifs is 1. The molecule has 6 heteroatoms. The van der Waals surface area contributed by atoms with Gasteiger partial charge in [0.05, 0.1) is 0 Å². The topological polar surface area (TPSA) is 68.5 Å². The minimum atomic E-state index is -0.440. The minimum absolute atomic E-state index is 0.136. The number of rotatable bonds is 4. The van der Waals surface area contributed by atoms with Gasteiger partial charge in [-0.2, -0.15) is 0 Å². The van der Waals surface area contributed by atoms with Crippen LogP contribution in [0, 0.1) is 0 Å². The van der Waals surface area contributed by atoms with Crippen molar-refractivity contribution in [2.45, 2.75) is 13.5 Å². The van der Waals surface area contributed by atoms with Gasteiger partial charge in [0.2, 0.25) is 5.91 Å². The van der Waals surface area contributed by atoms with E-state index in [1.807, 2.05) is 0 Å².